The number of morpholine rings is 1. The Kier molecular flexibility index (Phi) is 3.40. The van der Waals surface area contributed by atoms with E-state index in [9.17, 15) is 0 Å². The van der Waals surface area contributed by atoms with E-state index in [-0.39, 0.29) is 0 Å². The van der Waals surface area contributed by atoms with Crippen molar-refractivity contribution in [3.8, 4) is 0 Å². The highest BCUT2D eigenvalue weighted by molar-refractivity contribution is 7.80. The normalized spacial score (nSPS) is 28.3. The first-order valence-corrected chi connectivity index (χ1v) is 3.98. The summed E-state index contributed by atoms with van der Waals surface area (Å²) in [6.45, 7) is 2.72. The summed E-state index contributed by atoms with van der Waals surface area (Å²) >= 11 is 4.14. The lowest BCUT2D eigenvalue weighted by atomic mass is 10.2. The second kappa shape index (κ2) is 4.14. The van der Waals surface area contributed by atoms with Crippen LogP contribution in [0.3, 0.4) is 0 Å². The molecule has 0 amide bonds. The van der Waals surface area contributed by atoms with Crippen LogP contribution in [0.4, 0.5) is 0 Å². The summed E-state index contributed by atoms with van der Waals surface area (Å²) in [5, 5.41) is 3.35. The van der Waals surface area contributed by atoms with E-state index >= 15 is 0 Å². The molecule has 1 aliphatic heterocycles. The molecular formula is C6H13NOS. The third-order valence-corrected chi connectivity index (χ3v) is 1.73. The van der Waals surface area contributed by atoms with Crippen molar-refractivity contribution in [3.05, 3.63) is 0 Å². The Morgan fingerprint density at radius 1 is 1.67 bits per heavy atom. The van der Waals surface area contributed by atoms with Gasteiger partial charge < -0.3 is 10.1 Å². The molecule has 1 atom stereocenters. The maximum atomic E-state index is 5.24. The summed E-state index contributed by atoms with van der Waals surface area (Å²) in [6.07, 6.45) is 1.11. The second-order valence-corrected chi connectivity index (χ2v) is 2.69. The van der Waals surface area contributed by atoms with E-state index in [1.807, 2.05) is 0 Å². The molecule has 1 aliphatic rings. The van der Waals surface area contributed by atoms with Gasteiger partial charge in [-0.2, -0.15) is 12.6 Å². The zero-order valence-electron chi connectivity index (χ0n) is 5.47. The molecule has 1 N–H and O–H groups in total. The molecule has 3 heteroatoms. The van der Waals surface area contributed by atoms with Crippen LogP contribution in [0.15, 0.2) is 0 Å². The molecule has 1 saturated heterocycles. The number of hydrogen-bond acceptors (Lipinski definition) is 3. The van der Waals surface area contributed by atoms with Crippen molar-refractivity contribution in [1.29, 1.82) is 0 Å². The highest BCUT2D eigenvalue weighted by Crippen LogP contribution is 1.98. The monoisotopic (exact) mass is 147 g/mol. The zero-order valence-corrected chi connectivity index (χ0v) is 6.36. The van der Waals surface area contributed by atoms with Gasteiger partial charge in [0.25, 0.3) is 0 Å². The van der Waals surface area contributed by atoms with Gasteiger partial charge in [-0.3, -0.25) is 0 Å². The van der Waals surface area contributed by atoms with E-state index in [4.69, 9.17) is 4.74 Å². The summed E-state index contributed by atoms with van der Waals surface area (Å²) in [5.74, 6) is 0.945. The number of nitrogens with one attached hydrogen (secondary N) is 1. The molecule has 1 rings (SSSR count). The predicted octanol–water partition coefficient (Wildman–Crippen LogP) is 0.295. The molecule has 0 aliphatic carbocycles. The number of ether oxygens (including phenoxy) is 1. The van der Waals surface area contributed by atoms with E-state index in [1.165, 1.54) is 0 Å². The summed E-state index contributed by atoms with van der Waals surface area (Å²) in [6, 6.07) is 0.552. The van der Waals surface area contributed by atoms with Crippen LogP contribution in [0.25, 0.3) is 0 Å². The molecule has 0 aromatic carbocycles. The summed E-state index contributed by atoms with van der Waals surface area (Å²) in [5.41, 5.74) is 0. The van der Waals surface area contributed by atoms with Gasteiger partial charge in [-0.1, -0.05) is 0 Å². The van der Waals surface area contributed by atoms with Gasteiger partial charge in [0.1, 0.15) is 0 Å². The van der Waals surface area contributed by atoms with Gasteiger partial charge in [-0.05, 0) is 12.2 Å². The van der Waals surface area contributed by atoms with Crippen LogP contribution < -0.4 is 5.32 Å². The van der Waals surface area contributed by atoms with Crippen LogP contribution in [0.5, 0.6) is 0 Å². The highest BCUT2D eigenvalue weighted by Gasteiger charge is 2.10. The van der Waals surface area contributed by atoms with E-state index in [0.29, 0.717) is 6.04 Å². The second-order valence-electron chi connectivity index (χ2n) is 2.24. The van der Waals surface area contributed by atoms with Gasteiger partial charge in [-0.15, -0.1) is 0 Å². The van der Waals surface area contributed by atoms with Crippen molar-refractivity contribution in [2.24, 2.45) is 0 Å². The predicted molar refractivity (Wildman–Crippen MR) is 41.1 cm³/mol. The average molecular weight is 147 g/mol. The van der Waals surface area contributed by atoms with E-state index < -0.39 is 0 Å². The number of rotatable bonds is 2. The van der Waals surface area contributed by atoms with Crippen molar-refractivity contribution < 1.29 is 4.74 Å². The fourth-order valence-corrected chi connectivity index (χ4v) is 1.27. The molecule has 0 aromatic heterocycles. The van der Waals surface area contributed by atoms with E-state index in [2.05, 4.69) is 17.9 Å². The lowest BCUT2D eigenvalue weighted by Crippen LogP contribution is -2.41. The smallest absolute Gasteiger partial charge is 0.0620 e. The Labute approximate surface area is 61.4 Å². The maximum Gasteiger partial charge on any atom is 0.0620 e. The molecule has 0 bridgehead atoms. The minimum atomic E-state index is 0.552. The summed E-state index contributed by atoms with van der Waals surface area (Å²) < 4.78 is 5.24. The van der Waals surface area contributed by atoms with Crippen molar-refractivity contribution in [2.45, 2.75) is 12.5 Å². The van der Waals surface area contributed by atoms with Gasteiger partial charge in [0, 0.05) is 12.6 Å². The number of thiol groups is 1. The van der Waals surface area contributed by atoms with Gasteiger partial charge in [0.05, 0.1) is 13.2 Å². The van der Waals surface area contributed by atoms with Crippen molar-refractivity contribution in [1.82, 2.24) is 5.32 Å². The highest BCUT2D eigenvalue weighted by atomic mass is 32.1. The molecule has 0 radical (unpaired) electrons. The molecule has 1 unspecified atom stereocenters. The lowest BCUT2D eigenvalue weighted by Gasteiger charge is -2.22. The number of hydrogen-bond donors (Lipinski definition) is 2. The third kappa shape index (κ3) is 2.56. The first-order chi connectivity index (χ1) is 4.43. The minimum Gasteiger partial charge on any atom is -0.379 e. The molecule has 0 aromatic rings. The molecule has 0 saturated carbocycles. The maximum absolute atomic E-state index is 5.24. The van der Waals surface area contributed by atoms with Crippen LogP contribution in [0, 0.1) is 0 Å². The lowest BCUT2D eigenvalue weighted by molar-refractivity contribution is 0.0762. The molecule has 1 fully saturated rings. The van der Waals surface area contributed by atoms with Crippen LogP contribution in [0.1, 0.15) is 6.42 Å². The van der Waals surface area contributed by atoms with E-state index in [0.717, 1.165) is 31.9 Å². The van der Waals surface area contributed by atoms with Gasteiger partial charge >= 0.3 is 0 Å². The van der Waals surface area contributed by atoms with Crippen molar-refractivity contribution in [3.63, 3.8) is 0 Å². The van der Waals surface area contributed by atoms with Crippen LogP contribution >= 0.6 is 12.6 Å². The zero-order chi connectivity index (χ0) is 6.53. The SMILES string of the molecule is SCCC1COCCN1. The van der Waals surface area contributed by atoms with Gasteiger partial charge in [-0.25, -0.2) is 0 Å². The molecule has 54 valence electrons. The third-order valence-electron chi connectivity index (χ3n) is 1.48. The quantitative estimate of drug-likeness (QED) is 0.548. The summed E-state index contributed by atoms with van der Waals surface area (Å²) in [7, 11) is 0. The standard InChI is InChI=1S/C6H13NOS/c9-4-1-6-5-8-3-2-7-6/h6-7,9H,1-5H2. The Balaban J connectivity index is 2.08. The average Bonchev–Trinajstić information content (AvgIpc) is 1.91. The molecule has 2 nitrogen and oxygen atoms in total. The van der Waals surface area contributed by atoms with Gasteiger partial charge in [0.2, 0.25) is 0 Å². The van der Waals surface area contributed by atoms with Crippen molar-refractivity contribution >= 4 is 12.6 Å². The topological polar surface area (TPSA) is 21.3 Å². The van der Waals surface area contributed by atoms with Crippen LogP contribution in [-0.4, -0.2) is 31.6 Å². The Hall–Kier alpha value is 0.270. The molecular weight excluding hydrogens is 134 g/mol. The fraction of sp³-hybridized carbons (Fsp3) is 1.00. The van der Waals surface area contributed by atoms with Gasteiger partial charge in [0.15, 0.2) is 0 Å². The van der Waals surface area contributed by atoms with Crippen LogP contribution in [-0.2, 0) is 4.74 Å². The Morgan fingerprint density at radius 3 is 3.11 bits per heavy atom. The fourth-order valence-electron chi connectivity index (χ4n) is 0.961. The van der Waals surface area contributed by atoms with Crippen molar-refractivity contribution in [2.75, 3.05) is 25.5 Å². The Bertz CT molecular complexity index is 70.7. The first-order valence-electron chi connectivity index (χ1n) is 3.35. The minimum absolute atomic E-state index is 0.552. The molecule has 0 spiro atoms. The molecule has 1 heterocycles. The Morgan fingerprint density at radius 2 is 2.56 bits per heavy atom. The summed E-state index contributed by atoms with van der Waals surface area (Å²) in [4.78, 5) is 0. The van der Waals surface area contributed by atoms with Crippen LogP contribution in [0.2, 0.25) is 0 Å². The molecule has 9 heavy (non-hydrogen) atoms. The largest absolute Gasteiger partial charge is 0.379 e. The first kappa shape index (κ1) is 7.38. The van der Waals surface area contributed by atoms with E-state index in [1.54, 1.807) is 0 Å².